The van der Waals surface area contributed by atoms with E-state index >= 15 is 0 Å². The van der Waals surface area contributed by atoms with Crippen molar-refractivity contribution in [1.29, 1.82) is 0 Å². The minimum atomic E-state index is -2.87. The first-order chi connectivity index (χ1) is 6.93. The zero-order valence-electron chi connectivity index (χ0n) is 7.32. The third kappa shape index (κ3) is 2430. The second kappa shape index (κ2) is 26.0. The molecule has 0 heterocycles. The van der Waals surface area contributed by atoms with Gasteiger partial charge in [-0.15, -0.1) is 0 Å². The van der Waals surface area contributed by atoms with Gasteiger partial charge in [-0.05, 0) is 0 Å². The number of rotatable bonds is 0. The largest absolute Gasteiger partial charge is 4.00 e. The van der Waals surface area contributed by atoms with Crippen molar-refractivity contribution in [3.63, 3.8) is 0 Å². The third-order valence-electron chi connectivity index (χ3n) is 0. The summed E-state index contributed by atoms with van der Waals surface area (Å²) in [6.07, 6.45) is 0. The van der Waals surface area contributed by atoms with Crippen molar-refractivity contribution in [1.82, 2.24) is 0 Å². The Balaban J connectivity index is -0.0000000369. The molecule has 110 valence electrons. The van der Waals surface area contributed by atoms with Crippen LogP contribution in [0.1, 0.15) is 0 Å². The average molecular weight is 519 g/mol. The van der Waals surface area contributed by atoms with Gasteiger partial charge in [0, 0.05) is 0 Å². The van der Waals surface area contributed by atoms with Crippen molar-refractivity contribution in [2.45, 2.75) is 0 Å². The zero-order valence-corrected chi connectivity index (χ0v) is 13.2. The molecule has 0 saturated carbocycles. The molecule has 0 bridgehead atoms. The number of hydrogen-bond acceptors (Lipinski definition) is 4. The van der Waals surface area contributed by atoms with Gasteiger partial charge in [-0.25, -0.2) is 0 Å². The monoisotopic (exact) mass is 519 g/mol. The summed E-state index contributed by atoms with van der Waals surface area (Å²) in [7, 11) is -11.5. The Labute approximate surface area is 112 Å². The second-order valence-corrected chi connectivity index (χ2v) is 3.03. The first-order valence-corrected chi connectivity index (χ1v) is 6.99. The van der Waals surface area contributed by atoms with Crippen molar-refractivity contribution in [3.05, 3.63) is 0 Å². The van der Waals surface area contributed by atoms with E-state index < -0.39 is 33.0 Å². The first kappa shape index (κ1) is 31.0. The van der Waals surface area contributed by atoms with Crippen LogP contribution in [-0.2, 0) is 39.3 Å². The summed E-state index contributed by atoms with van der Waals surface area (Å²) >= 11 is 0. The molecule has 0 rings (SSSR count). The van der Waals surface area contributed by atoms with Gasteiger partial charge < -0.3 is 57.4 Å². The molecular weight excluding hydrogens is 511 g/mol. The fraction of sp³-hybridized carbons (Fsp3) is 0. The summed E-state index contributed by atoms with van der Waals surface area (Å²) in [5, 5.41) is 0. The first-order valence-electron chi connectivity index (χ1n) is 2.33. The van der Waals surface area contributed by atoms with Gasteiger partial charge in [-0.1, -0.05) is 0 Å². The van der Waals surface area contributed by atoms with E-state index in [0.29, 0.717) is 0 Å². The van der Waals surface area contributed by atoms with Gasteiger partial charge in [0.05, 0.1) is 33.0 Å². The van der Waals surface area contributed by atoms with Gasteiger partial charge in [0.1, 0.15) is 0 Å². The Hall–Kier alpha value is 1.29. The standard InChI is InChI=1S/4H2O3P.Pt/c4*1-4(2)3;/h4*(H2,1,2,3);/q4*-1;+4. The molecular formula is H8O12P4Pt. The Bertz CT molecular complexity index is 159. The summed E-state index contributed by atoms with van der Waals surface area (Å²) in [4.78, 5) is 57.0. The quantitative estimate of drug-likeness (QED) is 0.171. The van der Waals surface area contributed by atoms with E-state index in [1.165, 1.54) is 0 Å². The topological polar surface area (TPSA) is 230 Å². The maximum Gasteiger partial charge on any atom is 4.00 e. The van der Waals surface area contributed by atoms with E-state index in [1.807, 2.05) is 0 Å². The predicted molar refractivity (Wildman–Crippen MR) is 48.2 cm³/mol. The second-order valence-electron chi connectivity index (χ2n) is 1.01. The Kier molecular flexibility index (Phi) is 47.3. The van der Waals surface area contributed by atoms with E-state index in [1.54, 1.807) is 0 Å². The molecule has 0 aromatic carbocycles. The normalized spacial score (nSPS) is 8.24. The Morgan fingerprint density at radius 1 is 0.412 bits per heavy atom. The van der Waals surface area contributed by atoms with Crippen LogP contribution >= 0.6 is 33.0 Å². The Morgan fingerprint density at radius 3 is 0.412 bits per heavy atom. The molecule has 0 aliphatic carbocycles. The molecule has 17 heavy (non-hydrogen) atoms. The molecule has 0 radical (unpaired) electrons. The van der Waals surface area contributed by atoms with Crippen molar-refractivity contribution < 1.29 is 78.5 Å². The molecule has 0 aromatic heterocycles. The smallest absolute Gasteiger partial charge is 0.485 e. The minimum absolute atomic E-state index is 0. The van der Waals surface area contributed by atoms with Crippen LogP contribution in [0.25, 0.3) is 0 Å². The molecule has 0 saturated heterocycles. The minimum Gasteiger partial charge on any atom is -0.485 e. The van der Waals surface area contributed by atoms with Crippen LogP contribution < -0.4 is 0 Å². The SMILES string of the molecule is O=[P-](O)O.O=[P-](O)O.O=[P-](O)O.O=[P-](O)O.[Pt+4]. The average Bonchev–Trinajstić information content (AvgIpc) is 1.76. The third-order valence-corrected chi connectivity index (χ3v) is 0. The summed E-state index contributed by atoms with van der Waals surface area (Å²) < 4.78 is 34.8. The van der Waals surface area contributed by atoms with E-state index in [-0.39, 0.29) is 21.1 Å². The summed E-state index contributed by atoms with van der Waals surface area (Å²) in [5.41, 5.74) is 0. The molecule has 0 aliphatic heterocycles. The van der Waals surface area contributed by atoms with Crippen LogP contribution in [0, 0.1) is 0 Å². The zero-order chi connectivity index (χ0) is 14.3. The maximum atomic E-state index is 8.70. The molecule has 0 spiro atoms. The maximum absolute atomic E-state index is 8.70. The van der Waals surface area contributed by atoms with Crippen LogP contribution in [0.4, 0.5) is 0 Å². The van der Waals surface area contributed by atoms with E-state index in [2.05, 4.69) is 0 Å². The van der Waals surface area contributed by atoms with Gasteiger partial charge in [0.15, 0.2) is 0 Å². The van der Waals surface area contributed by atoms with Crippen molar-refractivity contribution in [2.75, 3.05) is 0 Å². The van der Waals surface area contributed by atoms with Crippen LogP contribution in [0.5, 0.6) is 0 Å². The van der Waals surface area contributed by atoms with Gasteiger partial charge in [0.25, 0.3) is 0 Å². The van der Waals surface area contributed by atoms with E-state index in [0.717, 1.165) is 0 Å². The van der Waals surface area contributed by atoms with E-state index in [9.17, 15) is 0 Å². The van der Waals surface area contributed by atoms with E-state index in [4.69, 9.17) is 57.4 Å². The van der Waals surface area contributed by atoms with Crippen molar-refractivity contribution >= 4 is 33.0 Å². The van der Waals surface area contributed by atoms with Crippen LogP contribution in [0.3, 0.4) is 0 Å². The fourth-order valence-electron chi connectivity index (χ4n) is 0. The number of hydrogen-bond donors (Lipinski definition) is 8. The van der Waals surface area contributed by atoms with Crippen molar-refractivity contribution in [2.24, 2.45) is 0 Å². The predicted octanol–water partition coefficient (Wildman–Crippen LogP) is -1.49. The van der Waals surface area contributed by atoms with Gasteiger partial charge in [-0.2, -0.15) is 0 Å². The molecule has 0 fully saturated rings. The van der Waals surface area contributed by atoms with Gasteiger partial charge in [-0.3, -0.25) is 0 Å². The summed E-state index contributed by atoms with van der Waals surface area (Å²) in [6, 6.07) is 0. The Morgan fingerprint density at radius 2 is 0.412 bits per heavy atom. The molecule has 0 atom stereocenters. The van der Waals surface area contributed by atoms with Gasteiger partial charge >= 0.3 is 21.1 Å². The van der Waals surface area contributed by atoms with Crippen LogP contribution in [-0.4, -0.2) is 39.1 Å². The fourth-order valence-corrected chi connectivity index (χ4v) is 0. The molecule has 8 N–H and O–H groups in total. The molecule has 12 nitrogen and oxygen atoms in total. The molecule has 0 unspecified atom stereocenters. The van der Waals surface area contributed by atoms with Crippen LogP contribution in [0.2, 0.25) is 0 Å². The molecule has 0 aliphatic rings. The molecule has 17 heteroatoms. The van der Waals surface area contributed by atoms with Crippen LogP contribution in [0.15, 0.2) is 0 Å². The molecule has 0 aromatic rings. The molecule has 0 amide bonds. The van der Waals surface area contributed by atoms with Crippen molar-refractivity contribution in [3.8, 4) is 0 Å². The summed E-state index contributed by atoms with van der Waals surface area (Å²) in [5.74, 6) is 0. The van der Waals surface area contributed by atoms with Gasteiger partial charge in [0.2, 0.25) is 0 Å². The summed E-state index contributed by atoms with van der Waals surface area (Å²) in [6.45, 7) is 0.